The quantitative estimate of drug-likeness (QED) is 0.847. The van der Waals surface area contributed by atoms with Gasteiger partial charge >= 0.3 is 0 Å². The molecule has 3 nitrogen and oxygen atoms in total. The Morgan fingerprint density at radius 1 is 1.26 bits per heavy atom. The second-order valence-electron chi connectivity index (χ2n) is 5.53. The molecule has 0 radical (unpaired) electrons. The number of carbonyl (C=O) groups is 1. The average Bonchev–Trinajstić information content (AvgIpc) is 2.89. The number of rotatable bonds is 2. The first-order valence-corrected chi connectivity index (χ1v) is 6.86. The van der Waals surface area contributed by atoms with Crippen molar-refractivity contribution in [3.8, 4) is 0 Å². The summed E-state index contributed by atoms with van der Waals surface area (Å²) in [7, 11) is 0. The number of aromatic amines is 1. The lowest BCUT2D eigenvalue weighted by molar-refractivity contribution is 0.0948. The van der Waals surface area contributed by atoms with Crippen molar-refractivity contribution >= 4 is 5.91 Å². The van der Waals surface area contributed by atoms with E-state index in [1.165, 1.54) is 17.5 Å². The minimum absolute atomic E-state index is 0.0399. The lowest BCUT2D eigenvalue weighted by Gasteiger charge is -2.13. The van der Waals surface area contributed by atoms with E-state index < -0.39 is 0 Å². The SMILES string of the molecule is O=C(NC1C2CCc3ccccc3C21)c1cc[nH]c1. The first kappa shape index (κ1) is 10.9. The molecule has 2 aliphatic rings. The maximum atomic E-state index is 12.1. The average molecular weight is 252 g/mol. The largest absolute Gasteiger partial charge is 0.367 e. The van der Waals surface area contributed by atoms with Gasteiger partial charge in [0.25, 0.3) is 5.91 Å². The van der Waals surface area contributed by atoms with Crippen LogP contribution in [0, 0.1) is 5.92 Å². The van der Waals surface area contributed by atoms with Crippen molar-refractivity contribution in [1.29, 1.82) is 0 Å². The molecular formula is C16H16N2O. The summed E-state index contributed by atoms with van der Waals surface area (Å²) in [6.07, 6.45) is 5.87. The van der Waals surface area contributed by atoms with Gasteiger partial charge in [0.1, 0.15) is 0 Å². The molecule has 19 heavy (non-hydrogen) atoms. The highest BCUT2D eigenvalue weighted by Crippen LogP contribution is 2.54. The maximum Gasteiger partial charge on any atom is 0.253 e. The van der Waals surface area contributed by atoms with Crippen molar-refractivity contribution in [1.82, 2.24) is 10.3 Å². The lowest BCUT2D eigenvalue weighted by atomic mass is 9.92. The molecule has 3 unspecified atom stereocenters. The molecule has 1 aromatic heterocycles. The Bertz CT molecular complexity index is 617. The van der Waals surface area contributed by atoms with Crippen LogP contribution in [-0.4, -0.2) is 16.9 Å². The first-order valence-electron chi connectivity index (χ1n) is 6.86. The number of nitrogens with one attached hydrogen (secondary N) is 2. The first-order chi connectivity index (χ1) is 9.34. The smallest absolute Gasteiger partial charge is 0.253 e. The molecular weight excluding hydrogens is 236 g/mol. The number of amides is 1. The van der Waals surface area contributed by atoms with Crippen molar-refractivity contribution in [2.24, 2.45) is 5.92 Å². The van der Waals surface area contributed by atoms with E-state index in [4.69, 9.17) is 0 Å². The summed E-state index contributed by atoms with van der Waals surface area (Å²) in [4.78, 5) is 15.0. The third kappa shape index (κ3) is 1.69. The van der Waals surface area contributed by atoms with Gasteiger partial charge in [-0.1, -0.05) is 24.3 Å². The topological polar surface area (TPSA) is 44.9 Å². The van der Waals surface area contributed by atoms with Crippen LogP contribution in [0.1, 0.15) is 33.8 Å². The van der Waals surface area contributed by atoms with Gasteiger partial charge in [0.2, 0.25) is 0 Å². The summed E-state index contributed by atoms with van der Waals surface area (Å²) in [6, 6.07) is 10.8. The number of carbonyl (C=O) groups excluding carboxylic acids is 1. The van der Waals surface area contributed by atoms with Crippen LogP contribution in [0.15, 0.2) is 42.7 Å². The fourth-order valence-corrected chi connectivity index (χ4v) is 3.46. The fourth-order valence-electron chi connectivity index (χ4n) is 3.46. The summed E-state index contributed by atoms with van der Waals surface area (Å²) < 4.78 is 0. The zero-order valence-electron chi connectivity index (χ0n) is 10.6. The van der Waals surface area contributed by atoms with Crippen LogP contribution >= 0.6 is 0 Å². The van der Waals surface area contributed by atoms with Crippen LogP contribution in [0.5, 0.6) is 0 Å². The van der Waals surface area contributed by atoms with Crippen molar-refractivity contribution < 1.29 is 4.79 Å². The van der Waals surface area contributed by atoms with Crippen LogP contribution in [0.2, 0.25) is 0 Å². The third-order valence-electron chi connectivity index (χ3n) is 4.49. The van der Waals surface area contributed by atoms with E-state index in [0.29, 0.717) is 17.9 Å². The van der Waals surface area contributed by atoms with E-state index in [0.717, 1.165) is 12.0 Å². The molecule has 0 spiro atoms. The van der Waals surface area contributed by atoms with Gasteiger partial charge in [-0.2, -0.15) is 0 Å². The second-order valence-corrected chi connectivity index (χ2v) is 5.53. The highest BCUT2D eigenvalue weighted by Gasteiger charge is 2.53. The van der Waals surface area contributed by atoms with Crippen LogP contribution in [0.4, 0.5) is 0 Å². The maximum absolute atomic E-state index is 12.1. The standard InChI is InChI=1S/C16H16N2O/c19-16(11-7-8-17-9-11)18-15-13-6-5-10-3-1-2-4-12(10)14(13)15/h1-4,7-9,13-15,17H,5-6H2,(H,18,19). The molecule has 3 heteroatoms. The van der Waals surface area contributed by atoms with Gasteiger partial charge in [0, 0.05) is 24.4 Å². The van der Waals surface area contributed by atoms with Gasteiger partial charge < -0.3 is 10.3 Å². The Labute approximate surface area is 112 Å². The van der Waals surface area contributed by atoms with E-state index in [9.17, 15) is 4.79 Å². The minimum Gasteiger partial charge on any atom is -0.367 e. The van der Waals surface area contributed by atoms with Gasteiger partial charge in [-0.05, 0) is 36.0 Å². The number of H-pyrrole nitrogens is 1. The molecule has 0 bridgehead atoms. The molecule has 1 aromatic carbocycles. The normalized spacial score (nSPS) is 27.3. The molecule has 96 valence electrons. The lowest BCUT2D eigenvalue weighted by Crippen LogP contribution is -2.27. The molecule has 2 N–H and O–H groups in total. The molecule has 1 amide bonds. The Morgan fingerprint density at radius 3 is 3.00 bits per heavy atom. The van der Waals surface area contributed by atoms with Crippen LogP contribution < -0.4 is 5.32 Å². The van der Waals surface area contributed by atoms with Crippen molar-refractivity contribution in [2.75, 3.05) is 0 Å². The summed E-state index contributed by atoms with van der Waals surface area (Å²) in [5.41, 5.74) is 3.62. The van der Waals surface area contributed by atoms with Gasteiger partial charge in [0.05, 0.1) is 5.56 Å². The van der Waals surface area contributed by atoms with Crippen molar-refractivity contribution in [3.63, 3.8) is 0 Å². The fraction of sp³-hybridized carbons (Fsp3) is 0.312. The molecule has 1 heterocycles. The molecule has 1 saturated carbocycles. The van der Waals surface area contributed by atoms with Gasteiger partial charge in [-0.3, -0.25) is 4.79 Å². The Morgan fingerprint density at radius 2 is 2.16 bits per heavy atom. The minimum atomic E-state index is 0.0399. The zero-order valence-corrected chi connectivity index (χ0v) is 10.6. The molecule has 0 aliphatic heterocycles. The summed E-state index contributed by atoms with van der Waals surface area (Å²) in [5, 5.41) is 3.18. The number of benzene rings is 1. The Hall–Kier alpha value is -2.03. The molecule has 2 aromatic rings. The van der Waals surface area contributed by atoms with E-state index >= 15 is 0 Å². The van der Waals surface area contributed by atoms with Gasteiger partial charge in [-0.15, -0.1) is 0 Å². The number of aryl methyl sites for hydroxylation is 1. The molecule has 3 atom stereocenters. The molecule has 0 saturated heterocycles. The van der Waals surface area contributed by atoms with Gasteiger partial charge in [-0.25, -0.2) is 0 Å². The van der Waals surface area contributed by atoms with E-state index in [1.54, 1.807) is 12.4 Å². The number of hydrogen-bond acceptors (Lipinski definition) is 1. The predicted molar refractivity (Wildman–Crippen MR) is 73.0 cm³/mol. The summed E-state index contributed by atoms with van der Waals surface area (Å²) in [5.74, 6) is 1.21. The Kier molecular flexibility index (Phi) is 2.28. The van der Waals surface area contributed by atoms with Crippen molar-refractivity contribution in [3.05, 3.63) is 59.4 Å². The predicted octanol–water partition coefficient (Wildman–Crippen LogP) is 2.47. The van der Waals surface area contributed by atoms with Crippen LogP contribution in [-0.2, 0) is 6.42 Å². The van der Waals surface area contributed by atoms with Crippen LogP contribution in [0.25, 0.3) is 0 Å². The Balaban J connectivity index is 1.53. The second kappa shape index (κ2) is 3.98. The van der Waals surface area contributed by atoms with E-state index in [2.05, 4.69) is 34.6 Å². The number of aromatic nitrogens is 1. The zero-order chi connectivity index (χ0) is 12.8. The third-order valence-corrected chi connectivity index (χ3v) is 4.49. The monoisotopic (exact) mass is 252 g/mol. The van der Waals surface area contributed by atoms with E-state index in [-0.39, 0.29) is 5.91 Å². The molecule has 4 rings (SSSR count). The number of fused-ring (bicyclic) bond motifs is 3. The van der Waals surface area contributed by atoms with Gasteiger partial charge in [0.15, 0.2) is 0 Å². The highest BCUT2D eigenvalue weighted by molar-refractivity contribution is 5.94. The molecule has 2 aliphatic carbocycles. The summed E-state index contributed by atoms with van der Waals surface area (Å²) in [6.45, 7) is 0. The highest BCUT2D eigenvalue weighted by atomic mass is 16.1. The van der Waals surface area contributed by atoms with Crippen molar-refractivity contribution in [2.45, 2.75) is 24.8 Å². The number of hydrogen-bond donors (Lipinski definition) is 2. The molecule has 1 fully saturated rings. The van der Waals surface area contributed by atoms with E-state index in [1.807, 2.05) is 6.07 Å². The summed E-state index contributed by atoms with van der Waals surface area (Å²) >= 11 is 0. The van der Waals surface area contributed by atoms with Crippen LogP contribution in [0.3, 0.4) is 0 Å².